The third-order valence-corrected chi connectivity index (χ3v) is 8.13. The fraction of sp³-hybridized carbons (Fsp3) is 0.600. The van der Waals surface area contributed by atoms with Crippen LogP contribution in [0.4, 0.5) is 0 Å². The summed E-state index contributed by atoms with van der Waals surface area (Å²) >= 11 is 2.37. The number of aliphatic hydroxyl groups excluding tert-OH is 1. The predicted octanol–water partition coefficient (Wildman–Crippen LogP) is 6.24. The Morgan fingerprint density at radius 3 is 2.50 bits per heavy atom. The van der Waals surface area contributed by atoms with Crippen LogP contribution in [0.3, 0.4) is 0 Å². The summed E-state index contributed by atoms with van der Waals surface area (Å²) in [7, 11) is 0. The van der Waals surface area contributed by atoms with Crippen LogP contribution in [0.25, 0.3) is 6.08 Å². The number of hydrogen-bond donors (Lipinski definition) is 2. The standard InChI is InChI=1S/C25H34INO/c1-17-22-9-6-10-23(28)25(22,2)16-19(15-18-11-13-20(26)14-12-18)24(17)27-21-7-4-3-5-8-21/h11-15,21,23-24,27-28H,3-10,16H2,1-2H3/b19-15+/t23-,24?,25-/m0/s1. The fourth-order valence-corrected chi connectivity index (χ4v) is 6.13. The molecule has 3 aliphatic rings. The number of fused-ring (bicyclic) bond motifs is 1. The molecule has 0 bridgehead atoms. The summed E-state index contributed by atoms with van der Waals surface area (Å²) in [6, 6.07) is 9.78. The Balaban J connectivity index is 1.72. The molecular formula is C25H34INO. The summed E-state index contributed by atoms with van der Waals surface area (Å²) in [6.45, 7) is 4.63. The molecule has 1 unspecified atom stereocenters. The van der Waals surface area contributed by atoms with Crippen LogP contribution in [0.1, 0.15) is 77.2 Å². The monoisotopic (exact) mass is 491 g/mol. The Morgan fingerprint density at radius 1 is 1.07 bits per heavy atom. The molecule has 2 saturated carbocycles. The van der Waals surface area contributed by atoms with Crippen molar-refractivity contribution in [1.29, 1.82) is 0 Å². The van der Waals surface area contributed by atoms with Gasteiger partial charge in [0, 0.05) is 15.0 Å². The van der Waals surface area contributed by atoms with Crippen molar-refractivity contribution >= 4 is 28.7 Å². The van der Waals surface area contributed by atoms with Crippen molar-refractivity contribution in [2.24, 2.45) is 5.41 Å². The molecule has 2 fully saturated rings. The Bertz CT molecular complexity index is 759. The van der Waals surface area contributed by atoms with E-state index in [-0.39, 0.29) is 11.5 Å². The van der Waals surface area contributed by atoms with Crippen LogP contribution in [0.2, 0.25) is 0 Å². The molecule has 28 heavy (non-hydrogen) atoms. The second-order valence-corrected chi connectivity index (χ2v) is 10.6. The van der Waals surface area contributed by atoms with Gasteiger partial charge in [-0.25, -0.2) is 0 Å². The highest BCUT2D eigenvalue weighted by atomic mass is 127. The molecule has 1 aromatic carbocycles. The van der Waals surface area contributed by atoms with Gasteiger partial charge in [-0.3, -0.25) is 0 Å². The van der Waals surface area contributed by atoms with Crippen molar-refractivity contribution in [2.75, 3.05) is 0 Å². The zero-order valence-electron chi connectivity index (χ0n) is 17.3. The summed E-state index contributed by atoms with van der Waals surface area (Å²) in [5, 5.41) is 15.0. The largest absolute Gasteiger partial charge is 0.392 e. The lowest BCUT2D eigenvalue weighted by molar-refractivity contribution is 0.0312. The second-order valence-electron chi connectivity index (χ2n) is 9.37. The van der Waals surface area contributed by atoms with Gasteiger partial charge in [0.05, 0.1) is 12.1 Å². The molecular weight excluding hydrogens is 457 g/mol. The first kappa shape index (κ1) is 20.6. The van der Waals surface area contributed by atoms with Crippen molar-refractivity contribution in [3.05, 3.63) is 50.1 Å². The van der Waals surface area contributed by atoms with Crippen LogP contribution in [0, 0.1) is 8.99 Å². The van der Waals surface area contributed by atoms with Crippen molar-refractivity contribution < 1.29 is 5.11 Å². The lowest BCUT2D eigenvalue weighted by Crippen LogP contribution is -2.49. The topological polar surface area (TPSA) is 32.3 Å². The maximum atomic E-state index is 10.9. The third kappa shape index (κ3) is 4.13. The molecule has 0 spiro atoms. The van der Waals surface area contributed by atoms with Gasteiger partial charge in [0.1, 0.15) is 0 Å². The minimum atomic E-state index is -0.220. The van der Waals surface area contributed by atoms with Crippen molar-refractivity contribution in [2.45, 2.75) is 89.8 Å². The van der Waals surface area contributed by atoms with E-state index in [1.54, 1.807) is 0 Å². The molecule has 0 aliphatic heterocycles. The van der Waals surface area contributed by atoms with E-state index in [2.05, 4.69) is 72.1 Å². The van der Waals surface area contributed by atoms with Gasteiger partial charge in [0.25, 0.3) is 0 Å². The normalized spacial score (nSPS) is 33.2. The van der Waals surface area contributed by atoms with Crippen LogP contribution >= 0.6 is 22.6 Å². The third-order valence-electron chi connectivity index (χ3n) is 7.41. The summed E-state index contributed by atoms with van der Waals surface area (Å²) in [6.07, 6.45) is 13.0. The molecule has 3 aliphatic carbocycles. The maximum Gasteiger partial charge on any atom is 0.0634 e. The van der Waals surface area contributed by atoms with Gasteiger partial charge in [-0.1, -0.05) is 55.5 Å². The van der Waals surface area contributed by atoms with Gasteiger partial charge in [-0.05, 0) is 91.3 Å². The summed E-state index contributed by atoms with van der Waals surface area (Å²) < 4.78 is 1.27. The number of rotatable bonds is 3. The Morgan fingerprint density at radius 2 is 1.79 bits per heavy atom. The molecule has 4 rings (SSSR count). The van der Waals surface area contributed by atoms with Gasteiger partial charge in [-0.2, -0.15) is 0 Å². The lowest BCUT2D eigenvalue weighted by Gasteiger charge is -2.49. The zero-order chi connectivity index (χ0) is 19.7. The van der Waals surface area contributed by atoms with E-state index in [1.165, 1.54) is 58.0 Å². The number of aliphatic hydroxyl groups is 1. The fourth-order valence-electron chi connectivity index (χ4n) is 5.77. The quantitative estimate of drug-likeness (QED) is 0.388. The van der Waals surface area contributed by atoms with Gasteiger partial charge in [0.15, 0.2) is 0 Å². The van der Waals surface area contributed by atoms with Gasteiger partial charge < -0.3 is 10.4 Å². The van der Waals surface area contributed by atoms with Gasteiger partial charge in [0.2, 0.25) is 0 Å². The Kier molecular flexibility index (Phi) is 6.34. The molecule has 0 heterocycles. The lowest BCUT2D eigenvalue weighted by atomic mass is 9.60. The van der Waals surface area contributed by atoms with Crippen LogP contribution < -0.4 is 5.32 Å². The molecule has 0 radical (unpaired) electrons. The minimum Gasteiger partial charge on any atom is -0.392 e. The van der Waals surface area contributed by atoms with Crippen molar-refractivity contribution in [3.63, 3.8) is 0 Å². The Labute approximate surface area is 184 Å². The smallest absolute Gasteiger partial charge is 0.0634 e. The maximum absolute atomic E-state index is 10.9. The molecule has 2 N–H and O–H groups in total. The number of nitrogens with one attached hydrogen (secondary N) is 1. The average Bonchev–Trinajstić information content (AvgIpc) is 2.69. The SMILES string of the molecule is CC1=C2CCC[C@H](O)[C@@]2(C)C/C(=C\c2ccc(I)cc2)C1NC1CCCCC1. The molecule has 0 aromatic heterocycles. The van der Waals surface area contributed by atoms with E-state index in [9.17, 15) is 5.11 Å². The summed E-state index contributed by atoms with van der Waals surface area (Å²) in [4.78, 5) is 0. The zero-order valence-corrected chi connectivity index (χ0v) is 19.5. The van der Waals surface area contributed by atoms with Crippen LogP contribution in [-0.4, -0.2) is 23.3 Å². The van der Waals surface area contributed by atoms with Crippen molar-refractivity contribution in [3.8, 4) is 0 Å². The minimum absolute atomic E-state index is 0.0951. The van der Waals surface area contributed by atoms with E-state index in [1.807, 2.05) is 0 Å². The van der Waals surface area contributed by atoms with E-state index >= 15 is 0 Å². The molecule has 3 heteroatoms. The summed E-state index contributed by atoms with van der Waals surface area (Å²) in [5.41, 5.74) is 5.64. The molecule has 1 aromatic rings. The van der Waals surface area contributed by atoms with Gasteiger partial charge >= 0.3 is 0 Å². The molecule has 2 nitrogen and oxygen atoms in total. The molecule has 3 atom stereocenters. The predicted molar refractivity (Wildman–Crippen MR) is 126 cm³/mol. The average molecular weight is 491 g/mol. The van der Waals surface area contributed by atoms with Crippen LogP contribution in [0.15, 0.2) is 41.0 Å². The second kappa shape index (κ2) is 8.61. The van der Waals surface area contributed by atoms with Crippen LogP contribution in [0.5, 0.6) is 0 Å². The first-order valence-corrected chi connectivity index (χ1v) is 12.2. The first-order valence-electron chi connectivity index (χ1n) is 11.1. The van der Waals surface area contributed by atoms with E-state index in [0.29, 0.717) is 12.1 Å². The number of halogens is 1. The van der Waals surface area contributed by atoms with Crippen LogP contribution in [-0.2, 0) is 0 Å². The van der Waals surface area contributed by atoms with E-state index in [0.717, 1.165) is 25.7 Å². The Hall–Kier alpha value is -0.650. The first-order chi connectivity index (χ1) is 13.5. The molecule has 0 amide bonds. The number of benzene rings is 1. The van der Waals surface area contributed by atoms with Gasteiger partial charge in [-0.15, -0.1) is 0 Å². The van der Waals surface area contributed by atoms with E-state index in [4.69, 9.17) is 0 Å². The highest BCUT2D eigenvalue weighted by molar-refractivity contribution is 14.1. The highest BCUT2D eigenvalue weighted by Crippen LogP contribution is 2.51. The molecule has 152 valence electrons. The molecule has 0 saturated heterocycles. The number of hydrogen-bond acceptors (Lipinski definition) is 2. The highest BCUT2D eigenvalue weighted by Gasteiger charge is 2.45. The summed E-state index contributed by atoms with van der Waals surface area (Å²) in [5.74, 6) is 0. The van der Waals surface area contributed by atoms with Crippen molar-refractivity contribution in [1.82, 2.24) is 5.32 Å². The van der Waals surface area contributed by atoms with E-state index < -0.39 is 0 Å².